The standard InChI is InChI=1S/C16H19N3O2/c1-3-12-4-7-14(8-5-12)18(2)11-13-6-9-16(19(20)21)15(17)10-13/h4-10H,3,11,17H2,1-2H3. The normalized spacial score (nSPS) is 10.4. The van der Waals surface area contributed by atoms with Gasteiger partial charge in [0, 0.05) is 25.3 Å². The van der Waals surface area contributed by atoms with E-state index in [2.05, 4.69) is 36.1 Å². The lowest BCUT2D eigenvalue weighted by Crippen LogP contribution is -2.16. The summed E-state index contributed by atoms with van der Waals surface area (Å²) in [5.74, 6) is 0. The zero-order valence-electron chi connectivity index (χ0n) is 12.2. The first-order valence-corrected chi connectivity index (χ1v) is 6.84. The predicted octanol–water partition coefficient (Wildman–Crippen LogP) is 3.38. The van der Waals surface area contributed by atoms with E-state index >= 15 is 0 Å². The van der Waals surface area contributed by atoms with E-state index in [-0.39, 0.29) is 11.4 Å². The van der Waals surface area contributed by atoms with E-state index in [1.54, 1.807) is 12.1 Å². The second-order valence-electron chi connectivity index (χ2n) is 5.03. The molecule has 0 aliphatic rings. The SMILES string of the molecule is CCc1ccc(N(C)Cc2ccc([N+](=O)[O-])c(N)c2)cc1. The Bertz CT molecular complexity index is 638. The van der Waals surface area contributed by atoms with E-state index in [0.29, 0.717) is 6.54 Å². The second kappa shape index (κ2) is 6.26. The summed E-state index contributed by atoms with van der Waals surface area (Å²) < 4.78 is 0. The molecule has 0 amide bonds. The Balaban J connectivity index is 2.13. The zero-order valence-corrected chi connectivity index (χ0v) is 12.2. The smallest absolute Gasteiger partial charge is 0.292 e. The van der Waals surface area contributed by atoms with Gasteiger partial charge in [0.1, 0.15) is 5.69 Å². The van der Waals surface area contributed by atoms with Gasteiger partial charge in [-0.25, -0.2) is 0 Å². The molecule has 0 fully saturated rings. The van der Waals surface area contributed by atoms with Crippen LogP contribution in [0.1, 0.15) is 18.1 Å². The molecule has 110 valence electrons. The lowest BCUT2D eigenvalue weighted by molar-refractivity contribution is -0.383. The fraction of sp³-hybridized carbons (Fsp3) is 0.250. The maximum absolute atomic E-state index is 10.8. The van der Waals surface area contributed by atoms with Crippen molar-refractivity contribution in [3.05, 3.63) is 63.7 Å². The number of nitrogens with zero attached hydrogens (tertiary/aromatic N) is 2. The van der Waals surface area contributed by atoms with Crippen LogP contribution in [0.3, 0.4) is 0 Å². The first-order chi connectivity index (χ1) is 10.0. The summed E-state index contributed by atoms with van der Waals surface area (Å²) in [6.07, 6.45) is 1.02. The Morgan fingerprint density at radius 2 is 1.76 bits per heavy atom. The molecule has 5 heteroatoms. The summed E-state index contributed by atoms with van der Waals surface area (Å²) in [5.41, 5.74) is 9.21. The molecule has 2 aromatic carbocycles. The zero-order chi connectivity index (χ0) is 15.4. The van der Waals surface area contributed by atoms with Gasteiger partial charge in [0.25, 0.3) is 5.69 Å². The largest absolute Gasteiger partial charge is 0.393 e. The molecule has 0 aliphatic heterocycles. The average Bonchev–Trinajstić information content (AvgIpc) is 2.47. The van der Waals surface area contributed by atoms with E-state index in [1.807, 2.05) is 7.05 Å². The van der Waals surface area contributed by atoms with E-state index < -0.39 is 4.92 Å². The summed E-state index contributed by atoms with van der Waals surface area (Å²) in [7, 11) is 1.98. The molecular formula is C16H19N3O2. The Morgan fingerprint density at radius 1 is 1.14 bits per heavy atom. The number of benzene rings is 2. The molecule has 2 N–H and O–H groups in total. The highest BCUT2D eigenvalue weighted by Gasteiger charge is 2.12. The molecule has 0 saturated heterocycles. The van der Waals surface area contributed by atoms with Gasteiger partial charge in [-0.3, -0.25) is 10.1 Å². The first-order valence-electron chi connectivity index (χ1n) is 6.84. The highest BCUT2D eigenvalue weighted by atomic mass is 16.6. The molecular weight excluding hydrogens is 266 g/mol. The van der Waals surface area contributed by atoms with Gasteiger partial charge in [0.15, 0.2) is 0 Å². The second-order valence-corrected chi connectivity index (χ2v) is 5.03. The van der Waals surface area contributed by atoms with Crippen molar-refractivity contribution < 1.29 is 4.92 Å². The fourth-order valence-corrected chi connectivity index (χ4v) is 2.22. The number of rotatable bonds is 5. The molecule has 21 heavy (non-hydrogen) atoms. The van der Waals surface area contributed by atoms with Gasteiger partial charge in [0.2, 0.25) is 0 Å². The Kier molecular flexibility index (Phi) is 4.42. The number of nitrogens with two attached hydrogens (primary N) is 1. The van der Waals surface area contributed by atoms with Gasteiger partial charge in [0.05, 0.1) is 4.92 Å². The molecule has 0 spiro atoms. The molecule has 0 aliphatic carbocycles. The van der Waals surface area contributed by atoms with Crippen molar-refractivity contribution in [2.24, 2.45) is 0 Å². The number of aryl methyl sites for hydroxylation is 1. The molecule has 2 rings (SSSR count). The van der Waals surface area contributed by atoms with Crippen LogP contribution in [0.25, 0.3) is 0 Å². The quantitative estimate of drug-likeness (QED) is 0.519. The molecule has 0 bridgehead atoms. The number of nitrogen functional groups attached to an aromatic ring is 1. The van der Waals surface area contributed by atoms with E-state index in [9.17, 15) is 10.1 Å². The Hall–Kier alpha value is -2.56. The van der Waals surface area contributed by atoms with E-state index in [4.69, 9.17) is 5.73 Å². The van der Waals surface area contributed by atoms with Gasteiger partial charge < -0.3 is 10.6 Å². The van der Waals surface area contributed by atoms with Crippen molar-refractivity contribution in [2.45, 2.75) is 19.9 Å². The molecule has 0 radical (unpaired) electrons. The van der Waals surface area contributed by atoms with Crippen LogP contribution in [0.2, 0.25) is 0 Å². The lowest BCUT2D eigenvalue weighted by Gasteiger charge is -2.20. The lowest BCUT2D eigenvalue weighted by atomic mass is 10.1. The summed E-state index contributed by atoms with van der Waals surface area (Å²) in [5, 5.41) is 10.8. The van der Waals surface area contributed by atoms with E-state index in [1.165, 1.54) is 11.6 Å². The molecule has 5 nitrogen and oxygen atoms in total. The first kappa shape index (κ1) is 14.8. The Labute approximate surface area is 124 Å². The predicted molar refractivity (Wildman–Crippen MR) is 85.4 cm³/mol. The van der Waals surface area contributed by atoms with Crippen molar-refractivity contribution in [1.82, 2.24) is 0 Å². The molecule has 0 heterocycles. The van der Waals surface area contributed by atoms with Crippen molar-refractivity contribution >= 4 is 17.1 Å². The summed E-state index contributed by atoms with van der Waals surface area (Å²) >= 11 is 0. The molecule has 0 aromatic heterocycles. The van der Waals surface area contributed by atoms with Crippen LogP contribution in [-0.2, 0) is 13.0 Å². The summed E-state index contributed by atoms with van der Waals surface area (Å²) in [6.45, 7) is 2.77. The van der Waals surface area contributed by atoms with Crippen LogP contribution in [0, 0.1) is 10.1 Å². The summed E-state index contributed by atoms with van der Waals surface area (Å²) in [6, 6.07) is 13.2. The van der Waals surface area contributed by atoms with Gasteiger partial charge in [-0.05, 0) is 35.7 Å². The summed E-state index contributed by atoms with van der Waals surface area (Å²) in [4.78, 5) is 12.4. The van der Waals surface area contributed by atoms with Crippen molar-refractivity contribution in [2.75, 3.05) is 17.7 Å². The van der Waals surface area contributed by atoms with Gasteiger partial charge in [-0.1, -0.05) is 25.1 Å². The average molecular weight is 285 g/mol. The molecule has 0 atom stereocenters. The fourth-order valence-electron chi connectivity index (χ4n) is 2.22. The minimum atomic E-state index is -0.466. The monoisotopic (exact) mass is 285 g/mol. The third kappa shape index (κ3) is 3.51. The Morgan fingerprint density at radius 3 is 2.29 bits per heavy atom. The third-order valence-electron chi connectivity index (χ3n) is 3.49. The molecule has 2 aromatic rings. The van der Waals surface area contributed by atoms with Gasteiger partial charge in [-0.15, -0.1) is 0 Å². The maximum Gasteiger partial charge on any atom is 0.292 e. The highest BCUT2D eigenvalue weighted by molar-refractivity contribution is 5.60. The minimum absolute atomic E-state index is 0.0475. The number of nitro groups is 1. The highest BCUT2D eigenvalue weighted by Crippen LogP contribution is 2.24. The number of anilines is 2. The molecule has 0 saturated carbocycles. The van der Waals surface area contributed by atoms with Crippen LogP contribution in [0.4, 0.5) is 17.1 Å². The number of hydrogen-bond acceptors (Lipinski definition) is 4. The van der Waals surface area contributed by atoms with Crippen LogP contribution >= 0.6 is 0 Å². The number of nitro benzene ring substituents is 1. The van der Waals surface area contributed by atoms with Gasteiger partial charge >= 0.3 is 0 Å². The van der Waals surface area contributed by atoms with Gasteiger partial charge in [-0.2, -0.15) is 0 Å². The topological polar surface area (TPSA) is 72.4 Å². The molecule has 0 unspecified atom stereocenters. The van der Waals surface area contributed by atoms with Crippen molar-refractivity contribution in [3.63, 3.8) is 0 Å². The van der Waals surface area contributed by atoms with Crippen LogP contribution < -0.4 is 10.6 Å². The van der Waals surface area contributed by atoms with Crippen molar-refractivity contribution in [3.8, 4) is 0 Å². The number of hydrogen-bond donors (Lipinski definition) is 1. The van der Waals surface area contributed by atoms with Crippen LogP contribution in [0.5, 0.6) is 0 Å². The minimum Gasteiger partial charge on any atom is -0.393 e. The van der Waals surface area contributed by atoms with E-state index in [0.717, 1.165) is 17.7 Å². The van der Waals surface area contributed by atoms with Crippen molar-refractivity contribution in [1.29, 1.82) is 0 Å². The van der Waals surface area contributed by atoms with Crippen LogP contribution in [0.15, 0.2) is 42.5 Å². The third-order valence-corrected chi connectivity index (χ3v) is 3.49. The maximum atomic E-state index is 10.8. The van der Waals surface area contributed by atoms with Crippen LogP contribution in [-0.4, -0.2) is 12.0 Å².